The van der Waals surface area contributed by atoms with E-state index < -0.39 is 11.4 Å². The van der Waals surface area contributed by atoms with Crippen molar-refractivity contribution < 1.29 is 19.8 Å². The van der Waals surface area contributed by atoms with Gasteiger partial charge in [0.2, 0.25) is 0 Å². The molecule has 2 N–H and O–H groups in total. The first-order valence-corrected chi connectivity index (χ1v) is 13.4. The lowest BCUT2D eigenvalue weighted by Gasteiger charge is -2.67. The maximum atomic E-state index is 14.1. The van der Waals surface area contributed by atoms with Crippen LogP contribution in [0.3, 0.4) is 0 Å². The lowest BCUT2D eigenvalue weighted by Crippen LogP contribution is -2.64. The van der Waals surface area contributed by atoms with Gasteiger partial charge in [0.25, 0.3) is 0 Å². The van der Waals surface area contributed by atoms with Gasteiger partial charge in [-0.25, -0.2) is 0 Å². The van der Waals surface area contributed by atoms with Crippen molar-refractivity contribution in [3.63, 3.8) is 0 Å². The second-order valence-electron chi connectivity index (χ2n) is 14.3. The van der Waals surface area contributed by atoms with Crippen LogP contribution in [0.25, 0.3) is 0 Å². The summed E-state index contributed by atoms with van der Waals surface area (Å²) < 4.78 is 0. The van der Waals surface area contributed by atoms with E-state index in [1.807, 2.05) is 13.0 Å². The van der Waals surface area contributed by atoms with E-state index in [1.54, 1.807) is 0 Å². The number of carbonyl (C=O) groups is 2. The number of allylic oxidation sites excluding steroid dienone is 2. The smallest absolute Gasteiger partial charge is 0.309 e. The van der Waals surface area contributed by atoms with Gasteiger partial charge in [0.15, 0.2) is 5.78 Å². The van der Waals surface area contributed by atoms with Gasteiger partial charge in [-0.1, -0.05) is 40.2 Å². The summed E-state index contributed by atoms with van der Waals surface area (Å²) in [4.78, 5) is 26.2. The Bertz CT molecular complexity index is 919. The minimum Gasteiger partial charge on any atom is -0.481 e. The van der Waals surface area contributed by atoms with Crippen LogP contribution in [0.2, 0.25) is 0 Å². The number of aliphatic hydroxyl groups is 1. The van der Waals surface area contributed by atoms with Gasteiger partial charge in [0.05, 0.1) is 11.5 Å². The number of aliphatic carboxylic acids is 1. The van der Waals surface area contributed by atoms with Gasteiger partial charge >= 0.3 is 5.97 Å². The second kappa shape index (κ2) is 6.95. The third-order valence-electron chi connectivity index (χ3n) is 12.3. The summed E-state index contributed by atoms with van der Waals surface area (Å²) >= 11 is 0. The highest BCUT2D eigenvalue weighted by Gasteiger charge is 2.67. The fourth-order valence-electron chi connectivity index (χ4n) is 10.1. The number of fused-ring (bicyclic) bond motifs is 7. The lowest BCUT2D eigenvalue weighted by molar-refractivity contribution is -0.188. The molecule has 4 saturated carbocycles. The van der Waals surface area contributed by atoms with Crippen LogP contribution in [0, 0.1) is 50.7 Å². The highest BCUT2D eigenvalue weighted by Crippen LogP contribution is 2.71. The number of carboxylic acids is 1. The van der Waals surface area contributed by atoms with Gasteiger partial charge < -0.3 is 10.2 Å². The maximum Gasteiger partial charge on any atom is 0.309 e. The van der Waals surface area contributed by atoms with Gasteiger partial charge in [-0.05, 0) is 110 Å². The van der Waals surface area contributed by atoms with Crippen LogP contribution in [-0.2, 0) is 9.59 Å². The largest absolute Gasteiger partial charge is 0.481 e. The van der Waals surface area contributed by atoms with E-state index >= 15 is 0 Å². The molecule has 4 nitrogen and oxygen atoms in total. The topological polar surface area (TPSA) is 74.6 Å². The maximum absolute atomic E-state index is 14.1. The molecule has 0 spiro atoms. The SMILES string of the molecule is CC1(C)[C@@H](O)CC[C@]2(C)[C@H]3C(=O)C=C4C(CC[C@@]5(C)CC[C@](C)(C(=O)O)C[C@@H]45)[C@]3(C)CC[C@@H]12. The number of rotatable bonds is 1. The van der Waals surface area contributed by atoms with E-state index in [-0.39, 0.29) is 45.4 Å². The van der Waals surface area contributed by atoms with Gasteiger partial charge in [-0.2, -0.15) is 0 Å². The Morgan fingerprint density at radius 1 is 0.879 bits per heavy atom. The zero-order chi connectivity index (χ0) is 24.2. The molecule has 0 bridgehead atoms. The molecule has 9 atom stereocenters. The van der Waals surface area contributed by atoms with Crippen LogP contribution in [0.1, 0.15) is 99.3 Å². The first-order chi connectivity index (χ1) is 15.2. The number of ketones is 1. The van der Waals surface area contributed by atoms with Crippen molar-refractivity contribution in [2.45, 2.75) is 105 Å². The van der Waals surface area contributed by atoms with Crippen LogP contribution >= 0.6 is 0 Å². The predicted molar refractivity (Wildman–Crippen MR) is 128 cm³/mol. The number of hydrogen-bond donors (Lipinski definition) is 2. The summed E-state index contributed by atoms with van der Waals surface area (Å²) in [5.41, 5.74) is 0.383. The molecule has 33 heavy (non-hydrogen) atoms. The Balaban J connectivity index is 1.57. The molecule has 5 aliphatic rings. The molecule has 0 heterocycles. The highest BCUT2D eigenvalue weighted by molar-refractivity contribution is 5.95. The lowest BCUT2D eigenvalue weighted by atomic mass is 9.37. The molecule has 0 aliphatic heterocycles. The molecule has 0 aromatic heterocycles. The quantitative estimate of drug-likeness (QED) is 0.506. The molecule has 4 fully saturated rings. The standard InChI is InChI=1S/C29H44O4/c1-25(2)21-8-11-28(5)18-7-10-26(3)13-14-27(4,24(32)33)16-19(26)17(18)15-20(30)23(28)29(21,6)12-9-22(25)31/h15,18-19,21-23,31H,7-14,16H2,1-6H3,(H,32,33)/t18?,19-,21-,22-,23-,26-,27-,28-,29-/m0/s1. The molecular weight excluding hydrogens is 412 g/mol. The monoisotopic (exact) mass is 456 g/mol. The van der Waals surface area contributed by atoms with E-state index in [1.165, 1.54) is 5.57 Å². The molecule has 1 unspecified atom stereocenters. The minimum absolute atomic E-state index is 0.00285. The molecule has 0 aromatic rings. The van der Waals surface area contributed by atoms with Gasteiger partial charge in [-0.15, -0.1) is 0 Å². The Kier molecular flexibility index (Phi) is 4.97. The number of carbonyl (C=O) groups excluding carboxylic acids is 1. The van der Waals surface area contributed by atoms with Crippen molar-refractivity contribution in [1.82, 2.24) is 0 Å². The Labute approximate surface area is 199 Å². The van der Waals surface area contributed by atoms with Crippen molar-refractivity contribution in [1.29, 1.82) is 0 Å². The number of hydrogen-bond acceptors (Lipinski definition) is 3. The first-order valence-electron chi connectivity index (χ1n) is 13.4. The molecule has 0 saturated heterocycles. The molecular formula is C29H44O4. The van der Waals surface area contributed by atoms with E-state index in [2.05, 4.69) is 34.6 Å². The fourth-order valence-corrected chi connectivity index (χ4v) is 10.1. The molecule has 0 radical (unpaired) electrons. The van der Waals surface area contributed by atoms with Crippen LogP contribution in [0.5, 0.6) is 0 Å². The third-order valence-corrected chi connectivity index (χ3v) is 12.3. The number of aliphatic hydroxyl groups excluding tert-OH is 1. The van der Waals surface area contributed by atoms with Gasteiger partial charge in [-0.3, -0.25) is 9.59 Å². The summed E-state index contributed by atoms with van der Waals surface area (Å²) in [6.45, 7) is 13.4. The van der Waals surface area contributed by atoms with E-state index in [0.717, 1.165) is 51.4 Å². The Morgan fingerprint density at radius 2 is 1.55 bits per heavy atom. The van der Waals surface area contributed by atoms with Crippen molar-refractivity contribution in [3.05, 3.63) is 11.6 Å². The Morgan fingerprint density at radius 3 is 2.21 bits per heavy atom. The van der Waals surface area contributed by atoms with Crippen molar-refractivity contribution in [3.8, 4) is 0 Å². The molecule has 0 aromatic carbocycles. The van der Waals surface area contributed by atoms with Crippen molar-refractivity contribution in [2.24, 2.45) is 50.7 Å². The third kappa shape index (κ3) is 2.98. The second-order valence-corrected chi connectivity index (χ2v) is 14.3. The van der Waals surface area contributed by atoms with Gasteiger partial charge in [0, 0.05) is 5.92 Å². The van der Waals surface area contributed by atoms with Crippen LogP contribution in [0.15, 0.2) is 11.6 Å². The van der Waals surface area contributed by atoms with E-state index in [9.17, 15) is 19.8 Å². The summed E-state index contributed by atoms with van der Waals surface area (Å²) in [6.07, 6.45) is 10.1. The zero-order valence-electron chi connectivity index (χ0n) is 21.5. The van der Waals surface area contributed by atoms with Crippen molar-refractivity contribution in [2.75, 3.05) is 0 Å². The average Bonchev–Trinajstić information content (AvgIpc) is 2.71. The van der Waals surface area contributed by atoms with Gasteiger partial charge in [0.1, 0.15) is 0 Å². The molecule has 0 amide bonds. The fraction of sp³-hybridized carbons (Fsp3) is 0.862. The molecule has 5 rings (SSSR count). The number of carboxylic acid groups (broad SMARTS) is 1. The van der Waals surface area contributed by atoms with Crippen LogP contribution in [0.4, 0.5) is 0 Å². The van der Waals surface area contributed by atoms with Crippen molar-refractivity contribution >= 4 is 11.8 Å². The van der Waals surface area contributed by atoms with E-state index in [0.29, 0.717) is 18.3 Å². The van der Waals surface area contributed by atoms with Crippen LogP contribution in [-0.4, -0.2) is 28.1 Å². The average molecular weight is 457 g/mol. The minimum atomic E-state index is -0.694. The first kappa shape index (κ1) is 23.6. The summed E-state index contributed by atoms with van der Waals surface area (Å²) in [5, 5.41) is 20.8. The molecule has 4 heteroatoms. The summed E-state index contributed by atoms with van der Waals surface area (Å²) in [7, 11) is 0. The summed E-state index contributed by atoms with van der Waals surface area (Å²) in [5.74, 6) is 0.530. The predicted octanol–water partition coefficient (Wildman–Crippen LogP) is 6.02. The zero-order valence-corrected chi connectivity index (χ0v) is 21.5. The van der Waals surface area contributed by atoms with E-state index in [4.69, 9.17) is 0 Å². The normalized spacial score (nSPS) is 53.1. The highest BCUT2D eigenvalue weighted by atomic mass is 16.4. The Hall–Kier alpha value is -1.16. The molecule has 5 aliphatic carbocycles. The van der Waals surface area contributed by atoms with Crippen LogP contribution < -0.4 is 0 Å². The summed E-state index contributed by atoms with van der Waals surface area (Å²) in [6, 6.07) is 0. The molecule has 184 valence electrons.